The predicted octanol–water partition coefficient (Wildman–Crippen LogP) is 12.1. The molecule has 0 bridgehead atoms. The number of hydrogen-bond acceptors (Lipinski definition) is 2. The van der Waals surface area contributed by atoms with Crippen LogP contribution < -0.4 is 30.7 Å². The number of fused-ring (bicyclic) bond motifs is 8. The van der Waals surface area contributed by atoms with Crippen LogP contribution in [0.3, 0.4) is 0 Å². The second-order valence-electron chi connectivity index (χ2n) is 14.3. The van der Waals surface area contributed by atoms with Gasteiger partial charge in [-0.15, -0.1) is 0 Å². The summed E-state index contributed by atoms with van der Waals surface area (Å²) in [7, 11) is -0.933. The normalized spacial score (nSPS) is 17.8. The van der Waals surface area contributed by atoms with Crippen LogP contribution in [0.25, 0.3) is 32.7 Å². The predicted molar refractivity (Wildman–Crippen MR) is 236 cm³/mol. The van der Waals surface area contributed by atoms with Crippen LogP contribution in [0.4, 0.5) is 0 Å². The summed E-state index contributed by atoms with van der Waals surface area (Å²) in [5.74, 6) is 1.88. The molecule has 1 heterocycles. The standard InChI is InChI=1S/C50H50O2P2/c1-3-19-37-53(41-23-7-5-8-24-41)47-29-15-16-30-48(47)54(42-25-9-6-10-26-42)38-20-4-2-18-36-52-46-34-32-40-22-12-14-28-44(40)50(46)49-43-27-13-11-21-39(43)31-33-45(49)51-35-17-1/h5-16,21-34H,1-4,17-20,35-38H2. The van der Waals surface area contributed by atoms with Gasteiger partial charge in [0, 0.05) is 11.1 Å². The Morgan fingerprint density at radius 2 is 0.722 bits per heavy atom. The molecule has 0 fully saturated rings. The molecule has 0 N–H and O–H groups in total. The fraction of sp³-hybridized carbons (Fsp3) is 0.240. The third-order valence-electron chi connectivity index (χ3n) is 10.7. The Morgan fingerprint density at radius 3 is 1.19 bits per heavy atom. The minimum atomic E-state index is -0.467. The molecule has 1 aliphatic rings. The second-order valence-corrected chi connectivity index (χ2v) is 18.9. The van der Waals surface area contributed by atoms with Crippen molar-refractivity contribution in [2.24, 2.45) is 0 Å². The summed E-state index contributed by atoms with van der Waals surface area (Å²) in [6.45, 7) is 1.40. The smallest absolute Gasteiger partial charge is 0.127 e. The van der Waals surface area contributed by atoms with E-state index in [4.69, 9.17) is 9.47 Å². The van der Waals surface area contributed by atoms with Gasteiger partial charge in [0.25, 0.3) is 0 Å². The zero-order chi connectivity index (χ0) is 36.4. The van der Waals surface area contributed by atoms with Gasteiger partial charge in [-0.1, -0.05) is 171 Å². The molecule has 0 saturated carbocycles. The Labute approximate surface area is 324 Å². The highest BCUT2D eigenvalue weighted by Crippen LogP contribution is 2.46. The van der Waals surface area contributed by atoms with Gasteiger partial charge in [-0.05, 0) is 109 Å². The Kier molecular flexibility index (Phi) is 12.3. The van der Waals surface area contributed by atoms with Crippen molar-refractivity contribution in [2.75, 3.05) is 25.5 Å². The number of benzene rings is 7. The van der Waals surface area contributed by atoms with Crippen LogP contribution in [0.1, 0.15) is 51.4 Å². The summed E-state index contributed by atoms with van der Waals surface area (Å²) in [4.78, 5) is 0. The van der Waals surface area contributed by atoms with Gasteiger partial charge in [0.05, 0.1) is 13.2 Å². The molecule has 8 rings (SSSR count). The minimum Gasteiger partial charge on any atom is -0.493 e. The van der Waals surface area contributed by atoms with Crippen molar-refractivity contribution in [1.29, 1.82) is 0 Å². The number of hydrogen-bond donors (Lipinski definition) is 0. The topological polar surface area (TPSA) is 18.5 Å². The molecule has 54 heavy (non-hydrogen) atoms. The highest BCUT2D eigenvalue weighted by molar-refractivity contribution is 7.79. The van der Waals surface area contributed by atoms with E-state index in [9.17, 15) is 0 Å². The first-order valence-corrected chi connectivity index (χ1v) is 22.9. The Balaban J connectivity index is 1.12. The molecule has 0 radical (unpaired) electrons. The first-order chi connectivity index (χ1) is 26.8. The lowest BCUT2D eigenvalue weighted by Crippen LogP contribution is -2.30. The van der Waals surface area contributed by atoms with Crippen LogP contribution in [0.15, 0.2) is 158 Å². The molecule has 272 valence electrons. The summed E-state index contributed by atoms with van der Waals surface area (Å²) in [6.07, 6.45) is 11.7. The van der Waals surface area contributed by atoms with Crippen LogP contribution in [0.2, 0.25) is 0 Å². The lowest BCUT2D eigenvalue weighted by molar-refractivity contribution is 0.302. The van der Waals surface area contributed by atoms with Crippen LogP contribution in [-0.2, 0) is 0 Å². The summed E-state index contributed by atoms with van der Waals surface area (Å²) >= 11 is 0. The first-order valence-electron chi connectivity index (χ1n) is 19.9. The van der Waals surface area contributed by atoms with E-state index in [-0.39, 0.29) is 0 Å². The van der Waals surface area contributed by atoms with Gasteiger partial charge in [-0.3, -0.25) is 0 Å². The lowest BCUT2D eigenvalue weighted by Gasteiger charge is -2.27. The van der Waals surface area contributed by atoms with E-state index < -0.39 is 15.8 Å². The molecular weight excluding hydrogens is 694 g/mol. The average Bonchev–Trinajstić information content (AvgIpc) is 3.23. The molecule has 4 heteroatoms. The van der Waals surface area contributed by atoms with Gasteiger partial charge < -0.3 is 9.47 Å². The Morgan fingerprint density at radius 1 is 0.333 bits per heavy atom. The average molecular weight is 745 g/mol. The number of ether oxygens (including phenoxy) is 2. The quantitative estimate of drug-likeness (QED) is 0.164. The fourth-order valence-electron chi connectivity index (χ4n) is 7.99. The van der Waals surface area contributed by atoms with E-state index in [0.29, 0.717) is 13.2 Å². The summed E-state index contributed by atoms with van der Waals surface area (Å²) < 4.78 is 13.5. The Hall–Kier alpha value is -4.48. The molecule has 0 spiro atoms. The van der Waals surface area contributed by atoms with Crippen LogP contribution in [-0.4, -0.2) is 25.5 Å². The van der Waals surface area contributed by atoms with Crippen LogP contribution in [0.5, 0.6) is 11.5 Å². The SMILES string of the molecule is c1ccc(P2CCCCCCOc3ccc4ccccc4c3-c3c(ccc4ccccc34)OCCCCCCP(c3ccccc3)c3ccccc32)cc1. The van der Waals surface area contributed by atoms with Gasteiger partial charge in [-0.2, -0.15) is 0 Å². The molecule has 0 aliphatic carbocycles. The molecule has 2 unspecified atom stereocenters. The summed E-state index contributed by atoms with van der Waals surface area (Å²) in [5, 5.41) is 11.0. The van der Waals surface area contributed by atoms with E-state index in [0.717, 1.165) is 48.3 Å². The first kappa shape index (κ1) is 36.5. The zero-order valence-electron chi connectivity index (χ0n) is 31.2. The molecule has 2 nitrogen and oxygen atoms in total. The molecule has 1 aliphatic heterocycles. The number of rotatable bonds is 2. The van der Waals surface area contributed by atoms with Gasteiger partial charge in [0.15, 0.2) is 0 Å². The highest BCUT2D eigenvalue weighted by Gasteiger charge is 2.23. The maximum Gasteiger partial charge on any atom is 0.127 e. The highest BCUT2D eigenvalue weighted by atomic mass is 31.1. The van der Waals surface area contributed by atoms with Crippen molar-refractivity contribution in [3.8, 4) is 22.6 Å². The maximum atomic E-state index is 6.76. The third kappa shape index (κ3) is 8.42. The molecule has 0 saturated heterocycles. The third-order valence-corrected chi connectivity index (χ3v) is 16.2. The monoisotopic (exact) mass is 744 g/mol. The molecule has 0 amide bonds. The maximum absolute atomic E-state index is 6.76. The van der Waals surface area contributed by atoms with E-state index in [1.807, 2.05) is 0 Å². The Bertz CT molecular complexity index is 2110. The van der Waals surface area contributed by atoms with Gasteiger partial charge >= 0.3 is 0 Å². The summed E-state index contributed by atoms with van der Waals surface area (Å²) in [5.41, 5.74) is 2.28. The minimum absolute atomic E-state index is 0.467. The lowest BCUT2D eigenvalue weighted by atomic mass is 9.92. The van der Waals surface area contributed by atoms with Gasteiger partial charge in [0.1, 0.15) is 11.5 Å². The molecule has 7 aromatic carbocycles. The van der Waals surface area contributed by atoms with Crippen molar-refractivity contribution < 1.29 is 9.47 Å². The largest absolute Gasteiger partial charge is 0.493 e. The van der Waals surface area contributed by atoms with E-state index in [1.54, 1.807) is 10.6 Å². The van der Waals surface area contributed by atoms with Crippen LogP contribution >= 0.6 is 15.8 Å². The molecule has 0 aromatic heterocycles. The second kappa shape index (κ2) is 18.2. The van der Waals surface area contributed by atoms with Crippen LogP contribution in [0, 0.1) is 0 Å². The van der Waals surface area contributed by atoms with Crippen molar-refractivity contribution in [2.45, 2.75) is 51.4 Å². The molecule has 2 atom stereocenters. The van der Waals surface area contributed by atoms with E-state index >= 15 is 0 Å². The van der Waals surface area contributed by atoms with E-state index in [2.05, 4.69) is 158 Å². The van der Waals surface area contributed by atoms with Gasteiger partial charge in [-0.25, -0.2) is 0 Å². The van der Waals surface area contributed by atoms with Crippen molar-refractivity contribution in [3.63, 3.8) is 0 Å². The molecular formula is C50H50O2P2. The van der Waals surface area contributed by atoms with Crippen molar-refractivity contribution >= 4 is 58.6 Å². The molecule has 7 aromatic rings. The summed E-state index contributed by atoms with van der Waals surface area (Å²) in [6, 6.07) is 58.4. The van der Waals surface area contributed by atoms with E-state index in [1.165, 1.54) is 70.2 Å². The van der Waals surface area contributed by atoms with Gasteiger partial charge in [0.2, 0.25) is 0 Å². The fourth-order valence-corrected chi connectivity index (χ4v) is 13.6. The van der Waals surface area contributed by atoms with Crippen molar-refractivity contribution in [3.05, 3.63) is 158 Å². The van der Waals surface area contributed by atoms with Crippen molar-refractivity contribution in [1.82, 2.24) is 0 Å². The zero-order valence-corrected chi connectivity index (χ0v) is 33.0.